The number of esters is 3. The van der Waals surface area contributed by atoms with E-state index >= 15 is 0 Å². The molecule has 1 radical (unpaired) electrons. The normalized spacial score (nSPS) is 11.2. The van der Waals surface area contributed by atoms with Crippen LogP contribution in [0, 0.1) is 6.92 Å². The molecule has 0 aliphatic rings. The van der Waals surface area contributed by atoms with Crippen LogP contribution in [0.1, 0.15) is 388 Å². The van der Waals surface area contributed by atoms with Gasteiger partial charge in [0.15, 0.2) is 0 Å². The fraction of sp³-hybridized carbons (Fsp3) is 0.914. The lowest BCUT2D eigenvalue weighted by atomic mass is 10.0. The third-order valence-electron chi connectivity index (χ3n) is 14.7. The maximum atomic E-state index is 11.2. The third-order valence-corrected chi connectivity index (χ3v) is 14.7. The van der Waals surface area contributed by atoms with Gasteiger partial charge in [0.05, 0.1) is 12.7 Å². The van der Waals surface area contributed by atoms with Gasteiger partial charge in [0.2, 0.25) is 0 Å². The van der Waals surface area contributed by atoms with Gasteiger partial charge in [-0.25, -0.2) is 0 Å². The van der Waals surface area contributed by atoms with Crippen molar-refractivity contribution in [2.24, 2.45) is 5.73 Å². The van der Waals surface area contributed by atoms with Gasteiger partial charge in [0.1, 0.15) is 6.61 Å². The Morgan fingerprint density at radius 3 is 1.06 bits per heavy atom. The van der Waals surface area contributed by atoms with E-state index in [2.05, 4.69) is 51.5 Å². The van der Waals surface area contributed by atoms with Gasteiger partial charge in [0.25, 0.3) is 0 Å². The number of hydrogen-bond donors (Lipinski definition) is 4. The quantitative estimate of drug-likeness (QED) is 0.0200. The topological polar surface area (TPSA) is 171 Å². The second-order valence-corrected chi connectivity index (χ2v) is 22.9. The summed E-state index contributed by atoms with van der Waals surface area (Å²) >= 11 is 0. The van der Waals surface area contributed by atoms with Crippen LogP contribution in [-0.2, 0) is 23.9 Å². The molecule has 7 N–H and O–H groups in total. The van der Waals surface area contributed by atoms with E-state index in [1.165, 1.54) is 277 Å². The summed E-state index contributed by atoms with van der Waals surface area (Å²) < 4.78 is 9.28. The molecular weight excluding hydrogens is 981 g/mol. The van der Waals surface area contributed by atoms with E-state index in [9.17, 15) is 19.5 Å². The zero-order chi connectivity index (χ0) is 58.2. The molecule has 0 amide bonds. The molecule has 0 saturated heterocycles. The molecule has 0 fully saturated rings. The average molecular weight is 1120 g/mol. The van der Waals surface area contributed by atoms with Crippen LogP contribution in [0.2, 0.25) is 0 Å². The van der Waals surface area contributed by atoms with Crippen molar-refractivity contribution >= 4 is 17.9 Å². The van der Waals surface area contributed by atoms with E-state index in [0.717, 1.165) is 77.2 Å². The minimum atomic E-state index is -0.505. The van der Waals surface area contributed by atoms with E-state index in [1.807, 2.05) is 0 Å². The van der Waals surface area contributed by atoms with Gasteiger partial charge in [-0.2, -0.15) is 0 Å². The fourth-order valence-corrected chi connectivity index (χ4v) is 9.62. The summed E-state index contributed by atoms with van der Waals surface area (Å²) in [4.78, 5) is 32.9. The molecule has 0 heterocycles. The van der Waals surface area contributed by atoms with Crippen molar-refractivity contribution in [3.63, 3.8) is 0 Å². The van der Waals surface area contributed by atoms with E-state index in [0.29, 0.717) is 12.8 Å². The Bertz CT molecular complexity index is 1110. The van der Waals surface area contributed by atoms with Crippen molar-refractivity contribution in [2.75, 3.05) is 19.8 Å². The summed E-state index contributed by atoms with van der Waals surface area (Å²) in [5.41, 5.74) is 5.47. The van der Waals surface area contributed by atoms with Crippen LogP contribution in [0.4, 0.5) is 0 Å². The number of hydrogen-bond acceptors (Lipinski definition) is 9. The van der Waals surface area contributed by atoms with Gasteiger partial charge in [-0.15, -0.1) is 0 Å². The highest BCUT2D eigenvalue weighted by Crippen LogP contribution is 2.17. The molecule has 475 valence electrons. The maximum Gasteiger partial charge on any atom is 0.313 e. The first-order chi connectivity index (χ1) is 38.2. The van der Waals surface area contributed by atoms with Crippen molar-refractivity contribution in [3.8, 4) is 0 Å². The van der Waals surface area contributed by atoms with E-state index in [1.54, 1.807) is 0 Å². The molecule has 0 saturated carbocycles. The average Bonchev–Trinajstić information content (AvgIpc) is 3.43. The molecule has 0 bridgehead atoms. The molecule has 0 aliphatic carbocycles. The zero-order valence-corrected chi connectivity index (χ0v) is 54.2. The molecule has 1 atom stereocenters. The molecule has 9 heteroatoms. The Kier molecular flexibility index (Phi) is 90.0. The third kappa shape index (κ3) is 92.9. The highest BCUT2D eigenvalue weighted by Gasteiger charge is 2.06. The van der Waals surface area contributed by atoms with Crippen LogP contribution in [0.5, 0.6) is 0 Å². The maximum absolute atomic E-state index is 11.2. The van der Waals surface area contributed by atoms with Gasteiger partial charge < -0.3 is 31.6 Å². The minimum absolute atomic E-state index is 0. The predicted molar refractivity (Wildman–Crippen MR) is 346 cm³/mol. The first kappa shape index (κ1) is 86.0. The number of allylic oxidation sites excluding steroid dienone is 1. The monoisotopic (exact) mass is 1120 g/mol. The molecule has 0 spiro atoms. The number of aliphatic hydroxyl groups excluding tert-OH is 2. The highest BCUT2D eigenvalue weighted by molar-refractivity contribution is 5.83. The molecule has 0 aliphatic heterocycles. The summed E-state index contributed by atoms with van der Waals surface area (Å²) in [6.07, 6.45) is 74.4. The fourth-order valence-electron chi connectivity index (χ4n) is 9.62. The molecule has 0 aromatic heterocycles. The molecular formula is C70H143N2O7. The van der Waals surface area contributed by atoms with Gasteiger partial charge >= 0.3 is 17.9 Å². The van der Waals surface area contributed by atoms with Crippen LogP contribution in [-0.4, -0.2) is 54.0 Å². The number of carbonyl (C=O) groups is 3. The van der Waals surface area contributed by atoms with Crippen LogP contribution in [0.15, 0.2) is 12.2 Å². The van der Waals surface area contributed by atoms with E-state index in [4.69, 9.17) is 15.6 Å². The Balaban J connectivity index is -0.000000311. The molecule has 9 nitrogen and oxygen atoms in total. The van der Waals surface area contributed by atoms with Crippen molar-refractivity contribution in [1.29, 1.82) is 0 Å². The Morgan fingerprint density at radius 1 is 0.430 bits per heavy atom. The Morgan fingerprint density at radius 2 is 0.734 bits per heavy atom. The largest absolute Gasteiger partial charge is 0.463 e. The lowest BCUT2D eigenvalue weighted by molar-refractivity contribution is -0.158. The highest BCUT2D eigenvalue weighted by atomic mass is 16.6. The molecule has 79 heavy (non-hydrogen) atoms. The lowest BCUT2D eigenvalue weighted by Gasteiger charge is -2.07. The second kappa shape index (κ2) is 82.7. The first-order valence-corrected chi connectivity index (χ1v) is 34.5. The molecule has 0 unspecified atom stereocenters. The zero-order valence-electron chi connectivity index (χ0n) is 54.2. The van der Waals surface area contributed by atoms with E-state index < -0.39 is 5.97 Å². The van der Waals surface area contributed by atoms with Crippen LogP contribution >= 0.6 is 0 Å². The summed E-state index contributed by atoms with van der Waals surface area (Å²) in [6.45, 7) is 15.0. The first-order valence-electron chi connectivity index (χ1n) is 34.5. The number of unbranched alkanes of at least 4 members (excludes halogenated alkanes) is 46. The number of nitrogens with two attached hydrogens (primary N) is 1. The van der Waals surface area contributed by atoms with Crippen molar-refractivity contribution in [1.82, 2.24) is 6.15 Å². The number of carbonyl (C=O) groups excluding carboxylic acids is 3. The van der Waals surface area contributed by atoms with Crippen LogP contribution < -0.4 is 11.9 Å². The number of rotatable bonds is 58. The standard InChI is InChI=1S/C20H38O4.C18H34O3.C16H35N.C16H33.H3N/c1-2-3-4-11-14-19(22)15-12-9-7-5-6-8-10-13-16-20(23)24-18-17-21;1-3-4-5-6-7-8-9-10-11-12-13-14-15-16-18(20)21-17(2)19;1-2-3-4-5-6-7-8-9-10-11-12-13-14-15-16-17;1-3-5-7-9-11-13-15-16-14-12-10-8-6-4-2;/h9,12,19,21-22H,2-8,10-11,13-18H2,1H3;3-16H2,1-2H3;2-17H2,1H3;1,3-16H2,2H3;1H3/b12-9-;;;;/t19-;;;;/m1..../s1. The van der Waals surface area contributed by atoms with Crippen molar-refractivity contribution in [3.05, 3.63) is 19.1 Å². The SMILES string of the molecule is CCCCCCCCCCCCCCCC(=O)OC(C)=O.CCCCCCCCCCCCCCCCN.CCCCCC[C@@H](O)C/C=C\CCCCCCCC(=O)OCCO.N.[CH2]CCCCCCCCCCCCCCC. The summed E-state index contributed by atoms with van der Waals surface area (Å²) in [5.74, 6) is -1.10. The van der Waals surface area contributed by atoms with Gasteiger partial charge in [0, 0.05) is 19.8 Å². The minimum Gasteiger partial charge on any atom is -0.463 e. The summed E-state index contributed by atoms with van der Waals surface area (Å²) in [7, 11) is 0. The van der Waals surface area contributed by atoms with Gasteiger partial charge in [-0.05, 0) is 51.5 Å². The van der Waals surface area contributed by atoms with Gasteiger partial charge in [-0.3, -0.25) is 14.4 Å². The van der Waals surface area contributed by atoms with Crippen molar-refractivity contribution in [2.45, 2.75) is 394 Å². The smallest absolute Gasteiger partial charge is 0.313 e. The number of ether oxygens (including phenoxy) is 2. The molecule has 0 aromatic carbocycles. The van der Waals surface area contributed by atoms with Crippen LogP contribution in [0.25, 0.3) is 0 Å². The summed E-state index contributed by atoms with van der Waals surface area (Å²) in [6, 6.07) is 0. The number of aliphatic hydroxyl groups is 2. The lowest BCUT2D eigenvalue weighted by Crippen LogP contribution is -2.08. The van der Waals surface area contributed by atoms with E-state index in [-0.39, 0.29) is 37.4 Å². The van der Waals surface area contributed by atoms with Gasteiger partial charge in [-0.1, -0.05) is 342 Å². The molecule has 0 aromatic rings. The Labute approximate surface area is 494 Å². The molecule has 0 rings (SSSR count). The van der Waals surface area contributed by atoms with Crippen LogP contribution in [0.3, 0.4) is 0 Å². The Hall–Kier alpha value is -1.81. The predicted octanol–water partition coefficient (Wildman–Crippen LogP) is 22.0. The van der Waals surface area contributed by atoms with Crippen molar-refractivity contribution < 1.29 is 34.1 Å². The second-order valence-electron chi connectivity index (χ2n) is 22.9. The summed E-state index contributed by atoms with van der Waals surface area (Å²) in [5, 5.41) is 18.4.